The van der Waals surface area contributed by atoms with Crippen LogP contribution >= 0.6 is 0 Å². The Morgan fingerprint density at radius 2 is 1.96 bits per heavy atom. The Labute approximate surface area is 137 Å². The van der Waals surface area contributed by atoms with Crippen molar-refractivity contribution in [2.75, 3.05) is 13.7 Å². The normalized spacial score (nSPS) is 11.7. The molecule has 1 aromatic carbocycles. The molecule has 8 nitrogen and oxygen atoms in total. The average molecular weight is 331 g/mol. The van der Waals surface area contributed by atoms with Crippen molar-refractivity contribution in [1.82, 2.24) is 15.1 Å². The van der Waals surface area contributed by atoms with E-state index in [1.807, 2.05) is 0 Å². The number of carboxylic acid groups (broad SMARTS) is 1. The van der Waals surface area contributed by atoms with E-state index < -0.39 is 17.9 Å². The Morgan fingerprint density at radius 3 is 2.58 bits per heavy atom. The maximum absolute atomic E-state index is 12.3. The fourth-order valence-corrected chi connectivity index (χ4v) is 2.05. The summed E-state index contributed by atoms with van der Waals surface area (Å²) in [5, 5.41) is 15.7. The average Bonchev–Trinajstić information content (AvgIpc) is 2.59. The second kappa shape index (κ2) is 8.02. The number of methoxy groups -OCH3 is 1. The molecule has 1 aromatic heterocycles. The van der Waals surface area contributed by atoms with Gasteiger partial charge in [0.15, 0.2) is 6.04 Å². The Bertz CT molecular complexity index is 773. The summed E-state index contributed by atoms with van der Waals surface area (Å²) in [6, 6.07) is 9.57. The third-order valence-electron chi connectivity index (χ3n) is 3.26. The van der Waals surface area contributed by atoms with E-state index in [1.54, 1.807) is 30.3 Å². The zero-order chi connectivity index (χ0) is 17.5. The lowest BCUT2D eigenvalue weighted by Crippen LogP contribution is -2.36. The minimum atomic E-state index is -1.21. The molecular weight excluding hydrogens is 314 g/mol. The van der Waals surface area contributed by atoms with Crippen LogP contribution in [0.5, 0.6) is 0 Å². The van der Waals surface area contributed by atoms with Crippen molar-refractivity contribution in [2.24, 2.45) is 0 Å². The number of ether oxygens (including phenoxy) is 1. The number of hydrogen-bond acceptors (Lipinski definition) is 5. The molecule has 0 spiro atoms. The fraction of sp³-hybridized carbons (Fsp3) is 0.250. The molecule has 2 rings (SSSR count). The van der Waals surface area contributed by atoms with Crippen LogP contribution in [0.1, 0.15) is 22.1 Å². The first kappa shape index (κ1) is 17.4. The molecule has 1 amide bonds. The molecular formula is C16H17N3O5. The molecule has 126 valence electrons. The van der Waals surface area contributed by atoms with Crippen LogP contribution in [-0.4, -0.2) is 40.5 Å². The van der Waals surface area contributed by atoms with Gasteiger partial charge in [-0.2, -0.15) is 5.10 Å². The lowest BCUT2D eigenvalue weighted by molar-refractivity contribution is -0.139. The van der Waals surface area contributed by atoms with Gasteiger partial charge in [0.05, 0.1) is 13.2 Å². The number of nitrogens with zero attached hydrogens (tertiary/aromatic N) is 2. The Kier molecular flexibility index (Phi) is 5.80. The molecule has 0 aliphatic heterocycles. The molecule has 0 unspecified atom stereocenters. The van der Waals surface area contributed by atoms with Gasteiger partial charge in [-0.15, -0.1) is 0 Å². The molecule has 2 aromatic rings. The SMILES string of the molecule is COCCn1nc(C(=O)N[C@@H](C(=O)O)c2ccccc2)ccc1=O. The molecule has 1 atom stereocenters. The summed E-state index contributed by atoms with van der Waals surface area (Å²) in [5.41, 5.74) is 0.0142. The second-order valence-corrected chi connectivity index (χ2v) is 4.93. The molecule has 0 saturated heterocycles. The van der Waals surface area contributed by atoms with Gasteiger partial charge in [-0.25, -0.2) is 9.48 Å². The summed E-state index contributed by atoms with van der Waals surface area (Å²) in [5.74, 6) is -1.88. The number of rotatable bonds is 7. The van der Waals surface area contributed by atoms with Gasteiger partial charge in [-0.1, -0.05) is 30.3 Å². The number of carbonyl (C=O) groups excluding carboxylic acids is 1. The third kappa shape index (κ3) is 4.26. The van der Waals surface area contributed by atoms with Crippen LogP contribution in [0.4, 0.5) is 0 Å². The quantitative estimate of drug-likeness (QED) is 0.762. The summed E-state index contributed by atoms with van der Waals surface area (Å²) in [6.45, 7) is 0.456. The van der Waals surface area contributed by atoms with Gasteiger partial charge in [-0.3, -0.25) is 9.59 Å². The van der Waals surface area contributed by atoms with Gasteiger partial charge in [0.25, 0.3) is 11.5 Å². The van der Waals surface area contributed by atoms with Gasteiger partial charge in [-0.05, 0) is 11.6 Å². The summed E-state index contributed by atoms with van der Waals surface area (Å²) in [4.78, 5) is 35.4. The van der Waals surface area contributed by atoms with E-state index in [2.05, 4.69) is 10.4 Å². The molecule has 0 fully saturated rings. The Morgan fingerprint density at radius 1 is 1.25 bits per heavy atom. The highest BCUT2D eigenvalue weighted by molar-refractivity contribution is 5.95. The molecule has 0 radical (unpaired) electrons. The van der Waals surface area contributed by atoms with Gasteiger partial charge < -0.3 is 15.2 Å². The van der Waals surface area contributed by atoms with Crippen molar-refractivity contribution in [3.8, 4) is 0 Å². The van der Waals surface area contributed by atoms with Crippen molar-refractivity contribution < 1.29 is 19.4 Å². The first-order valence-corrected chi connectivity index (χ1v) is 7.18. The van der Waals surface area contributed by atoms with E-state index in [-0.39, 0.29) is 24.4 Å². The number of nitrogens with one attached hydrogen (secondary N) is 1. The highest BCUT2D eigenvalue weighted by Crippen LogP contribution is 2.13. The summed E-state index contributed by atoms with van der Waals surface area (Å²) in [6.07, 6.45) is 0. The van der Waals surface area contributed by atoms with Gasteiger partial charge in [0.1, 0.15) is 5.69 Å². The lowest BCUT2D eigenvalue weighted by atomic mass is 10.1. The van der Waals surface area contributed by atoms with Crippen LogP contribution in [0.3, 0.4) is 0 Å². The molecule has 0 bridgehead atoms. The first-order chi connectivity index (χ1) is 11.5. The van der Waals surface area contributed by atoms with E-state index >= 15 is 0 Å². The maximum atomic E-state index is 12.3. The molecule has 2 N–H and O–H groups in total. The third-order valence-corrected chi connectivity index (χ3v) is 3.26. The van der Waals surface area contributed by atoms with Crippen LogP contribution in [0.2, 0.25) is 0 Å². The molecule has 24 heavy (non-hydrogen) atoms. The number of aromatic nitrogens is 2. The molecule has 0 aliphatic rings. The largest absolute Gasteiger partial charge is 0.479 e. The highest BCUT2D eigenvalue weighted by Gasteiger charge is 2.23. The van der Waals surface area contributed by atoms with Crippen LogP contribution in [-0.2, 0) is 16.1 Å². The Balaban J connectivity index is 2.21. The highest BCUT2D eigenvalue weighted by atomic mass is 16.5. The van der Waals surface area contributed by atoms with Crippen LogP contribution < -0.4 is 10.9 Å². The first-order valence-electron chi connectivity index (χ1n) is 7.18. The predicted octanol–water partition coefficient (Wildman–Crippen LogP) is 0.445. The van der Waals surface area contributed by atoms with E-state index in [4.69, 9.17) is 4.74 Å². The van der Waals surface area contributed by atoms with E-state index in [0.29, 0.717) is 5.56 Å². The second-order valence-electron chi connectivity index (χ2n) is 4.93. The minimum absolute atomic E-state index is 0.0483. The maximum Gasteiger partial charge on any atom is 0.330 e. The van der Waals surface area contributed by atoms with Crippen molar-refractivity contribution in [3.05, 3.63) is 64.1 Å². The van der Waals surface area contributed by atoms with Crippen molar-refractivity contribution >= 4 is 11.9 Å². The fourth-order valence-electron chi connectivity index (χ4n) is 2.05. The van der Waals surface area contributed by atoms with Crippen molar-refractivity contribution in [3.63, 3.8) is 0 Å². The molecule has 1 heterocycles. The van der Waals surface area contributed by atoms with E-state index in [9.17, 15) is 19.5 Å². The van der Waals surface area contributed by atoms with Crippen LogP contribution in [0, 0.1) is 0 Å². The smallest absolute Gasteiger partial charge is 0.330 e. The summed E-state index contributed by atoms with van der Waals surface area (Å²) >= 11 is 0. The predicted molar refractivity (Wildman–Crippen MR) is 84.7 cm³/mol. The van der Waals surface area contributed by atoms with Crippen molar-refractivity contribution in [2.45, 2.75) is 12.6 Å². The van der Waals surface area contributed by atoms with Gasteiger partial charge in [0, 0.05) is 13.2 Å². The summed E-state index contributed by atoms with van der Waals surface area (Å²) in [7, 11) is 1.49. The number of aliphatic carboxylic acids is 1. The molecule has 0 saturated carbocycles. The number of benzene rings is 1. The molecule has 0 aliphatic carbocycles. The zero-order valence-corrected chi connectivity index (χ0v) is 13.0. The number of carbonyl (C=O) groups is 2. The zero-order valence-electron chi connectivity index (χ0n) is 13.0. The van der Waals surface area contributed by atoms with Crippen LogP contribution in [0.15, 0.2) is 47.3 Å². The number of carboxylic acids is 1. The number of amides is 1. The standard InChI is InChI=1S/C16H17N3O5/c1-24-10-9-19-13(20)8-7-12(18-19)15(21)17-14(16(22)23)11-5-3-2-4-6-11/h2-8,14H,9-10H2,1H3,(H,17,21)(H,22,23)/t14-/m1/s1. The van der Waals surface area contributed by atoms with E-state index in [0.717, 1.165) is 4.68 Å². The van der Waals surface area contributed by atoms with Crippen LogP contribution in [0.25, 0.3) is 0 Å². The minimum Gasteiger partial charge on any atom is -0.479 e. The summed E-state index contributed by atoms with van der Waals surface area (Å²) < 4.78 is 5.97. The van der Waals surface area contributed by atoms with Crippen molar-refractivity contribution in [1.29, 1.82) is 0 Å². The van der Waals surface area contributed by atoms with E-state index in [1.165, 1.54) is 19.2 Å². The van der Waals surface area contributed by atoms with Gasteiger partial charge in [0.2, 0.25) is 0 Å². The molecule has 8 heteroatoms. The Hall–Kier alpha value is -3.00. The number of hydrogen-bond donors (Lipinski definition) is 2. The van der Waals surface area contributed by atoms with Gasteiger partial charge >= 0.3 is 5.97 Å². The monoisotopic (exact) mass is 331 g/mol. The topological polar surface area (TPSA) is 111 Å². The lowest BCUT2D eigenvalue weighted by Gasteiger charge is -2.15.